The van der Waals surface area contributed by atoms with Crippen molar-refractivity contribution in [2.75, 3.05) is 4.72 Å². The van der Waals surface area contributed by atoms with Gasteiger partial charge in [0, 0.05) is 9.79 Å². The number of benzene rings is 2. The number of hydrogen-bond donors (Lipinski definition) is 1. The van der Waals surface area contributed by atoms with Gasteiger partial charge in [-0.3, -0.25) is 4.72 Å². The number of alkyl halides is 3. The summed E-state index contributed by atoms with van der Waals surface area (Å²) in [4.78, 5) is -1.02. The molecule has 0 amide bonds. The second kappa shape index (κ2) is 7.85. The number of sulfonamides is 1. The summed E-state index contributed by atoms with van der Waals surface area (Å²) in [7, 11) is -4.35. The summed E-state index contributed by atoms with van der Waals surface area (Å²) in [5.41, 5.74) is 0.366. The molecule has 0 radical (unpaired) electrons. The molecule has 0 spiro atoms. The summed E-state index contributed by atoms with van der Waals surface area (Å²) in [6.45, 7) is 0. The Morgan fingerprint density at radius 3 is 2.50 bits per heavy atom. The van der Waals surface area contributed by atoms with Crippen LogP contribution in [-0.4, -0.2) is 18.6 Å². The molecule has 28 heavy (non-hydrogen) atoms. The molecule has 148 valence electrons. The van der Waals surface area contributed by atoms with Crippen LogP contribution >= 0.6 is 34.7 Å². The predicted octanol–water partition coefficient (Wildman–Crippen LogP) is 5.30. The van der Waals surface area contributed by atoms with Gasteiger partial charge in [0.05, 0.1) is 10.6 Å². The lowest BCUT2D eigenvalue weighted by Crippen LogP contribution is -2.14. The van der Waals surface area contributed by atoms with E-state index >= 15 is 0 Å². The van der Waals surface area contributed by atoms with Crippen LogP contribution in [0.5, 0.6) is 0 Å². The van der Waals surface area contributed by atoms with E-state index < -0.39 is 32.5 Å². The third-order valence-corrected chi connectivity index (χ3v) is 6.92. The number of halogens is 5. The minimum atomic E-state index is -4.61. The van der Waals surface area contributed by atoms with Crippen molar-refractivity contribution in [3.63, 3.8) is 0 Å². The monoisotopic (exact) mass is 469 g/mol. The topological polar surface area (TPSA) is 72.0 Å². The maximum atomic E-state index is 14.4. The van der Waals surface area contributed by atoms with E-state index in [-0.39, 0.29) is 19.9 Å². The van der Waals surface area contributed by atoms with E-state index in [0.717, 1.165) is 29.5 Å². The summed E-state index contributed by atoms with van der Waals surface area (Å²) in [6.07, 6.45) is -4.61. The summed E-state index contributed by atoms with van der Waals surface area (Å²) in [5, 5.41) is 6.66. The van der Waals surface area contributed by atoms with E-state index in [4.69, 9.17) is 11.6 Å². The first kappa shape index (κ1) is 20.8. The van der Waals surface area contributed by atoms with E-state index in [9.17, 15) is 26.0 Å². The molecule has 0 aliphatic heterocycles. The molecule has 1 aromatic heterocycles. The zero-order valence-corrected chi connectivity index (χ0v) is 16.6. The highest BCUT2D eigenvalue weighted by atomic mass is 35.5. The van der Waals surface area contributed by atoms with E-state index in [2.05, 4.69) is 10.2 Å². The van der Waals surface area contributed by atoms with Crippen LogP contribution in [0.3, 0.4) is 0 Å². The average molecular weight is 470 g/mol. The maximum Gasteiger partial charge on any atom is 0.417 e. The standard InChI is InChI=1S/C15H8ClF4N3O2S3/c16-9-5-13(28(24,25)23-14-22-21-7-26-14)10(17)6-12(9)27-11-4-2-1-3-8(11)15(18,19)20/h1-7H,(H,22,23). The molecule has 0 fully saturated rings. The SMILES string of the molecule is O=S(=O)(Nc1nncs1)c1cc(Cl)c(Sc2ccccc2C(F)(F)F)cc1F. The molecule has 0 saturated carbocycles. The van der Waals surface area contributed by atoms with E-state index in [1.165, 1.54) is 23.7 Å². The number of hydrogen-bond acceptors (Lipinski definition) is 6. The van der Waals surface area contributed by atoms with Crippen molar-refractivity contribution < 1.29 is 26.0 Å². The quantitative estimate of drug-likeness (QED) is 0.513. The van der Waals surface area contributed by atoms with Gasteiger partial charge in [-0.2, -0.15) is 13.2 Å². The van der Waals surface area contributed by atoms with Crippen molar-refractivity contribution in [3.8, 4) is 0 Å². The number of aromatic nitrogens is 2. The van der Waals surface area contributed by atoms with Gasteiger partial charge in [0.1, 0.15) is 16.2 Å². The maximum absolute atomic E-state index is 14.4. The lowest BCUT2D eigenvalue weighted by atomic mass is 10.2. The van der Waals surface area contributed by atoms with E-state index in [1.807, 2.05) is 4.72 Å². The number of nitrogens with zero attached hydrogens (tertiary/aromatic N) is 2. The zero-order chi connectivity index (χ0) is 20.5. The van der Waals surface area contributed by atoms with Crippen LogP contribution in [0.1, 0.15) is 5.56 Å². The summed E-state index contributed by atoms with van der Waals surface area (Å²) in [5.74, 6) is -1.17. The second-order valence-electron chi connectivity index (χ2n) is 5.16. The van der Waals surface area contributed by atoms with Gasteiger partial charge >= 0.3 is 6.18 Å². The number of nitrogens with one attached hydrogen (secondary N) is 1. The van der Waals surface area contributed by atoms with Crippen molar-refractivity contribution in [2.24, 2.45) is 0 Å². The largest absolute Gasteiger partial charge is 0.417 e. The van der Waals surface area contributed by atoms with Crippen molar-refractivity contribution in [2.45, 2.75) is 20.9 Å². The molecule has 0 atom stereocenters. The molecule has 5 nitrogen and oxygen atoms in total. The van der Waals surface area contributed by atoms with Crippen LogP contribution in [0.4, 0.5) is 22.7 Å². The Kier molecular flexibility index (Phi) is 5.84. The molecule has 3 rings (SSSR count). The third kappa shape index (κ3) is 4.57. The van der Waals surface area contributed by atoms with Gasteiger partial charge in [-0.15, -0.1) is 10.2 Å². The predicted molar refractivity (Wildman–Crippen MR) is 97.7 cm³/mol. The first-order valence-corrected chi connectivity index (χ1v) is 10.8. The fraction of sp³-hybridized carbons (Fsp3) is 0.0667. The molecule has 0 aliphatic carbocycles. The Morgan fingerprint density at radius 2 is 1.86 bits per heavy atom. The molecule has 0 bridgehead atoms. The van der Waals surface area contributed by atoms with Crippen LogP contribution in [0.25, 0.3) is 0 Å². The fourth-order valence-electron chi connectivity index (χ4n) is 2.09. The van der Waals surface area contributed by atoms with Gasteiger partial charge in [0.15, 0.2) is 0 Å². The fourth-order valence-corrected chi connectivity index (χ4v) is 5.21. The Labute approximate surface area is 169 Å². The van der Waals surface area contributed by atoms with Crippen molar-refractivity contribution in [1.82, 2.24) is 10.2 Å². The lowest BCUT2D eigenvalue weighted by Gasteiger charge is -2.14. The molecular formula is C15H8ClF4N3O2S3. The molecule has 1 heterocycles. The summed E-state index contributed by atoms with van der Waals surface area (Å²) in [6, 6.07) is 6.32. The molecule has 0 aliphatic rings. The first-order valence-electron chi connectivity index (χ1n) is 7.20. The van der Waals surface area contributed by atoms with Crippen molar-refractivity contribution in [1.29, 1.82) is 0 Å². The van der Waals surface area contributed by atoms with Gasteiger partial charge in [0.2, 0.25) is 5.13 Å². The first-order chi connectivity index (χ1) is 13.1. The van der Waals surface area contributed by atoms with Gasteiger partial charge in [-0.25, -0.2) is 12.8 Å². The van der Waals surface area contributed by atoms with E-state index in [0.29, 0.717) is 11.8 Å². The minimum absolute atomic E-state index is 0.0641. The molecule has 3 aromatic rings. The Balaban J connectivity index is 1.96. The van der Waals surface area contributed by atoms with Gasteiger partial charge in [-0.05, 0) is 24.3 Å². The van der Waals surface area contributed by atoms with Crippen molar-refractivity contribution in [3.05, 3.63) is 58.3 Å². The van der Waals surface area contributed by atoms with Crippen LogP contribution < -0.4 is 4.72 Å². The molecule has 0 saturated heterocycles. The lowest BCUT2D eigenvalue weighted by molar-refractivity contribution is -0.139. The van der Waals surface area contributed by atoms with Gasteiger partial charge < -0.3 is 0 Å². The van der Waals surface area contributed by atoms with Crippen LogP contribution in [0.15, 0.2) is 56.6 Å². The van der Waals surface area contributed by atoms with E-state index in [1.54, 1.807) is 0 Å². The Morgan fingerprint density at radius 1 is 1.14 bits per heavy atom. The highest BCUT2D eigenvalue weighted by Gasteiger charge is 2.33. The average Bonchev–Trinajstić information content (AvgIpc) is 3.09. The highest BCUT2D eigenvalue weighted by molar-refractivity contribution is 7.99. The zero-order valence-electron chi connectivity index (χ0n) is 13.4. The Bertz CT molecular complexity index is 1110. The van der Waals surface area contributed by atoms with Crippen LogP contribution in [0, 0.1) is 5.82 Å². The highest BCUT2D eigenvalue weighted by Crippen LogP contribution is 2.42. The molecule has 13 heteroatoms. The van der Waals surface area contributed by atoms with Crippen LogP contribution in [0.2, 0.25) is 5.02 Å². The number of anilines is 1. The minimum Gasteiger partial charge on any atom is -0.253 e. The Hall–Kier alpha value is -1.89. The molecule has 2 aromatic carbocycles. The normalized spacial score (nSPS) is 12.2. The number of rotatable bonds is 5. The molecular weight excluding hydrogens is 462 g/mol. The van der Waals surface area contributed by atoms with Gasteiger partial charge in [-0.1, -0.05) is 46.8 Å². The van der Waals surface area contributed by atoms with Crippen LogP contribution in [-0.2, 0) is 16.2 Å². The van der Waals surface area contributed by atoms with Gasteiger partial charge in [0.25, 0.3) is 10.0 Å². The summed E-state index contributed by atoms with van der Waals surface area (Å²) >= 11 is 7.48. The molecule has 0 unspecified atom stereocenters. The van der Waals surface area contributed by atoms with Crippen molar-refractivity contribution >= 4 is 49.9 Å². The third-order valence-electron chi connectivity index (χ3n) is 3.27. The summed E-state index contributed by atoms with van der Waals surface area (Å²) < 4.78 is 80.4. The smallest absolute Gasteiger partial charge is 0.253 e. The molecule has 1 N–H and O–H groups in total. The second-order valence-corrected chi connectivity index (χ2v) is 9.13.